The number of nitrogens with zero attached hydrogens (tertiary/aromatic N) is 2. The average molecular weight is 282 g/mol. The third-order valence-corrected chi connectivity index (χ3v) is 3.07. The Balaban J connectivity index is 0.00000220. The summed E-state index contributed by atoms with van der Waals surface area (Å²) in [6, 6.07) is 9.32. The van der Waals surface area contributed by atoms with E-state index in [-0.39, 0.29) is 7.43 Å². The minimum absolute atomic E-state index is 0. The molecule has 0 fully saturated rings. The number of aryl methyl sites for hydroxylation is 1. The van der Waals surface area contributed by atoms with E-state index in [2.05, 4.69) is 11.1 Å². The number of hydrogen-bond acceptors (Lipinski definition) is 4. The van der Waals surface area contributed by atoms with Gasteiger partial charge in [0.1, 0.15) is 12.4 Å². The second kappa shape index (κ2) is 7.20. The van der Waals surface area contributed by atoms with Crippen LogP contribution in [0.3, 0.4) is 0 Å². The zero-order valence-corrected chi connectivity index (χ0v) is 11.4. The Labute approximate surface area is 125 Å². The van der Waals surface area contributed by atoms with Gasteiger partial charge in [-0.15, -0.1) is 0 Å². The summed E-state index contributed by atoms with van der Waals surface area (Å²) in [6.07, 6.45) is 2.31. The normalized spacial score (nSPS) is 9.38. The van der Waals surface area contributed by atoms with E-state index >= 15 is 0 Å². The van der Waals surface area contributed by atoms with Crippen LogP contribution in [0.4, 0.5) is 0 Å². The summed E-state index contributed by atoms with van der Waals surface area (Å²) in [7, 11) is 0. The number of aromatic nitrogens is 1. The highest BCUT2D eigenvalue weighted by Gasteiger charge is 2.10. The minimum Gasteiger partial charge on any atom is -0.487 e. The summed E-state index contributed by atoms with van der Waals surface area (Å²) in [5.74, 6) is 0.622. The van der Waals surface area contributed by atoms with Crippen LogP contribution in [0, 0.1) is 25.2 Å². The number of pyridine rings is 1. The van der Waals surface area contributed by atoms with E-state index in [0.717, 1.165) is 23.1 Å². The van der Waals surface area contributed by atoms with Crippen molar-refractivity contribution in [2.75, 3.05) is 0 Å². The Morgan fingerprint density at radius 1 is 1.38 bits per heavy atom. The van der Waals surface area contributed by atoms with Gasteiger partial charge in [0.15, 0.2) is 6.29 Å². The van der Waals surface area contributed by atoms with Gasteiger partial charge < -0.3 is 4.74 Å². The van der Waals surface area contributed by atoms with E-state index in [1.807, 2.05) is 26.0 Å². The van der Waals surface area contributed by atoms with Gasteiger partial charge >= 0.3 is 0 Å². The van der Waals surface area contributed by atoms with Crippen molar-refractivity contribution < 1.29 is 9.53 Å². The lowest BCUT2D eigenvalue weighted by Crippen LogP contribution is -2.03. The van der Waals surface area contributed by atoms with Gasteiger partial charge in [-0.2, -0.15) is 5.26 Å². The Morgan fingerprint density at radius 3 is 2.81 bits per heavy atom. The monoisotopic (exact) mass is 282 g/mol. The van der Waals surface area contributed by atoms with Crippen LogP contribution in [0.1, 0.15) is 40.2 Å². The molecular weight excluding hydrogens is 264 g/mol. The lowest BCUT2D eigenvalue weighted by atomic mass is 10.1. The van der Waals surface area contributed by atoms with Gasteiger partial charge in [0, 0.05) is 17.3 Å². The highest BCUT2D eigenvalue weighted by Crippen LogP contribution is 2.24. The van der Waals surface area contributed by atoms with E-state index in [4.69, 9.17) is 10.00 Å². The maximum atomic E-state index is 10.9. The molecule has 0 bridgehead atoms. The quantitative estimate of drug-likeness (QED) is 0.804. The molecule has 4 nitrogen and oxygen atoms in total. The van der Waals surface area contributed by atoms with Gasteiger partial charge in [-0.1, -0.05) is 19.6 Å². The van der Waals surface area contributed by atoms with Crippen LogP contribution >= 0.6 is 0 Å². The van der Waals surface area contributed by atoms with Crippen LogP contribution in [0.2, 0.25) is 0 Å². The molecule has 108 valence electrons. The van der Waals surface area contributed by atoms with Crippen molar-refractivity contribution >= 4 is 6.29 Å². The third-order valence-electron chi connectivity index (χ3n) is 3.07. The number of aldehydes is 1. The predicted molar refractivity (Wildman–Crippen MR) is 81.3 cm³/mol. The van der Waals surface area contributed by atoms with Crippen molar-refractivity contribution in [3.63, 3.8) is 0 Å². The fourth-order valence-corrected chi connectivity index (χ4v) is 1.94. The lowest BCUT2D eigenvalue weighted by Gasteiger charge is -2.12. The minimum atomic E-state index is 0. The number of carbonyl (C=O) groups excluding carboxylic acids is 1. The second-order valence-corrected chi connectivity index (χ2v) is 4.47. The van der Waals surface area contributed by atoms with E-state index in [1.54, 1.807) is 18.3 Å². The molecule has 0 aliphatic carbocycles. The van der Waals surface area contributed by atoms with Crippen molar-refractivity contribution in [3.05, 3.63) is 58.4 Å². The number of nitriles is 1. The molecule has 2 aromatic rings. The molecular formula is C17H18N2O2. The predicted octanol–water partition coefficient (Wildman–Crippen LogP) is 3.60. The molecule has 0 spiro atoms. The Kier molecular flexibility index (Phi) is 5.62. The third kappa shape index (κ3) is 3.67. The van der Waals surface area contributed by atoms with E-state index in [9.17, 15) is 4.79 Å². The van der Waals surface area contributed by atoms with Crippen LogP contribution < -0.4 is 4.74 Å². The first-order valence-corrected chi connectivity index (χ1v) is 6.19. The Morgan fingerprint density at radius 2 is 2.14 bits per heavy atom. The first-order valence-electron chi connectivity index (χ1n) is 6.19. The molecule has 0 N–H and O–H groups in total. The number of ether oxygens (including phenoxy) is 1. The van der Waals surface area contributed by atoms with Crippen molar-refractivity contribution in [2.24, 2.45) is 0 Å². The summed E-state index contributed by atoms with van der Waals surface area (Å²) < 4.78 is 5.76. The van der Waals surface area contributed by atoms with Crippen LogP contribution in [-0.2, 0) is 6.61 Å². The number of benzene rings is 1. The molecule has 0 amide bonds. The molecule has 0 unspecified atom stereocenters. The van der Waals surface area contributed by atoms with Crippen LogP contribution in [0.5, 0.6) is 5.75 Å². The SMILES string of the molecule is C.Cc1ncc(C=O)c(C)c1OCc1cccc(C#N)c1. The molecule has 0 radical (unpaired) electrons. The van der Waals surface area contributed by atoms with Gasteiger partial charge in [-0.3, -0.25) is 9.78 Å². The fraction of sp³-hybridized carbons (Fsp3) is 0.235. The van der Waals surface area contributed by atoms with Crippen LogP contribution in [0.25, 0.3) is 0 Å². The van der Waals surface area contributed by atoms with Crippen molar-refractivity contribution in [1.29, 1.82) is 5.26 Å². The highest BCUT2D eigenvalue weighted by molar-refractivity contribution is 5.78. The molecule has 0 aliphatic heterocycles. The molecule has 4 heteroatoms. The smallest absolute Gasteiger partial charge is 0.152 e. The van der Waals surface area contributed by atoms with Gasteiger partial charge in [0.05, 0.1) is 17.3 Å². The summed E-state index contributed by atoms with van der Waals surface area (Å²) in [4.78, 5) is 15.1. The summed E-state index contributed by atoms with van der Waals surface area (Å²) >= 11 is 0. The molecule has 2 rings (SSSR count). The standard InChI is InChI=1S/C16H14N2O2.CH4/c1-11-15(9-19)8-18-12(2)16(11)20-10-14-5-3-4-13(6-14)7-17;/h3-6,8-9H,10H2,1-2H3;1H4. The van der Waals surface area contributed by atoms with Crippen molar-refractivity contribution in [1.82, 2.24) is 4.98 Å². The molecule has 0 saturated heterocycles. The van der Waals surface area contributed by atoms with Crippen molar-refractivity contribution in [3.8, 4) is 11.8 Å². The van der Waals surface area contributed by atoms with Crippen molar-refractivity contribution in [2.45, 2.75) is 27.9 Å². The molecule has 1 aromatic heterocycles. The molecule has 1 aromatic carbocycles. The van der Waals surface area contributed by atoms with Gasteiger partial charge in [0.25, 0.3) is 0 Å². The molecule has 0 atom stereocenters. The van der Waals surface area contributed by atoms with Crippen LogP contribution in [0.15, 0.2) is 30.5 Å². The largest absolute Gasteiger partial charge is 0.487 e. The van der Waals surface area contributed by atoms with E-state index in [0.29, 0.717) is 23.5 Å². The molecule has 1 heterocycles. The van der Waals surface area contributed by atoms with Crippen LogP contribution in [-0.4, -0.2) is 11.3 Å². The topological polar surface area (TPSA) is 63.0 Å². The maximum absolute atomic E-state index is 10.9. The average Bonchev–Trinajstić information content (AvgIpc) is 2.47. The summed E-state index contributed by atoms with van der Waals surface area (Å²) in [6.45, 7) is 4.00. The van der Waals surface area contributed by atoms with Gasteiger partial charge in [0.2, 0.25) is 0 Å². The van der Waals surface area contributed by atoms with E-state index < -0.39 is 0 Å². The number of rotatable bonds is 4. The first-order chi connectivity index (χ1) is 9.65. The number of hydrogen-bond donors (Lipinski definition) is 0. The Bertz CT molecular complexity index is 688. The van der Waals surface area contributed by atoms with E-state index in [1.165, 1.54) is 0 Å². The van der Waals surface area contributed by atoms with Gasteiger partial charge in [-0.05, 0) is 31.5 Å². The first kappa shape index (κ1) is 16.4. The lowest BCUT2D eigenvalue weighted by molar-refractivity contribution is 0.112. The van der Waals surface area contributed by atoms with Gasteiger partial charge in [-0.25, -0.2) is 0 Å². The molecule has 0 saturated carbocycles. The number of carbonyl (C=O) groups is 1. The zero-order chi connectivity index (χ0) is 14.5. The summed E-state index contributed by atoms with van der Waals surface area (Å²) in [5.41, 5.74) is 3.54. The highest BCUT2D eigenvalue weighted by atomic mass is 16.5. The molecule has 21 heavy (non-hydrogen) atoms. The second-order valence-electron chi connectivity index (χ2n) is 4.47. The summed E-state index contributed by atoms with van der Waals surface area (Å²) in [5, 5.41) is 8.86. The molecule has 0 aliphatic rings. The maximum Gasteiger partial charge on any atom is 0.152 e. The zero-order valence-electron chi connectivity index (χ0n) is 11.4. The Hall–Kier alpha value is -2.67. The fourth-order valence-electron chi connectivity index (χ4n) is 1.94.